The summed E-state index contributed by atoms with van der Waals surface area (Å²) in [7, 11) is 1.63. The lowest BCUT2D eigenvalue weighted by Crippen LogP contribution is -2.26. The van der Waals surface area contributed by atoms with E-state index >= 15 is 0 Å². The van der Waals surface area contributed by atoms with Crippen molar-refractivity contribution in [2.45, 2.75) is 51.5 Å². The number of carbonyl (C=O) groups is 1. The van der Waals surface area contributed by atoms with Gasteiger partial charge in [0.1, 0.15) is 10.7 Å². The van der Waals surface area contributed by atoms with Crippen molar-refractivity contribution < 1.29 is 9.53 Å². The van der Waals surface area contributed by atoms with Crippen molar-refractivity contribution in [3.05, 3.63) is 50.9 Å². The molecule has 3 aromatic rings. The number of aryl methyl sites for hydroxylation is 2. The Kier molecular flexibility index (Phi) is 6.29. The Hall–Kier alpha value is -2.51. The normalized spacial score (nSPS) is 13.5. The third-order valence-electron chi connectivity index (χ3n) is 5.77. The van der Waals surface area contributed by atoms with Gasteiger partial charge in [-0.15, -0.1) is 11.3 Å². The summed E-state index contributed by atoms with van der Waals surface area (Å²) in [5.74, 6) is 0.332. The largest absolute Gasteiger partial charge is 0.384 e. The molecule has 2 aromatic heterocycles. The summed E-state index contributed by atoms with van der Waals surface area (Å²) in [6.45, 7) is 0.903. The summed E-state index contributed by atoms with van der Waals surface area (Å²) < 4.78 is 6.89. The minimum atomic E-state index is -0.360. The van der Waals surface area contributed by atoms with Crippen molar-refractivity contribution in [3.63, 3.8) is 0 Å². The lowest BCUT2D eigenvalue weighted by molar-refractivity contribution is -0.118. The number of thiophene rings is 1. The number of primary amides is 1. The molecule has 1 amide bonds. The number of carbonyl (C=O) groups excluding carboxylic acids is 1. The molecule has 0 fully saturated rings. The van der Waals surface area contributed by atoms with E-state index in [4.69, 9.17) is 15.5 Å². The van der Waals surface area contributed by atoms with Crippen molar-refractivity contribution >= 4 is 27.5 Å². The van der Waals surface area contributed by atoms with Crippen LogP contribution in [0.1, 0.15) is 42.6 Å². The lowest BCUT2D eigenvalue weighted by Gasteiger charge is -2.16. The zero-order valence-corrected chi connectivity index (χ0v) is 18.1. The van der Waals surface area contributed by atoms with E-state index in [2.05, 4.69) is 18.2 Å². The number of amides is 1. The fourth-order valence-corrected chi connectivity index (χ4v) is 5.16. The van der Waals surface area contributed by atoms with Crippen LogP contribution in [0.5, 0.6) is 0 Å². The number of ether oxygens (including phenoxy) is 1. The zero-order chi connectivity index (χ0) is 21.1. The molecular formula is C23H27N3O3S. The Morgan fingerprint density at radius 1 is 1.27 bits per heavy atom. The van der Waals surface area contributed by atoms with Gasteiger partial charge in [0, 0.05) is 37.4 Å². The van der Waals surface area contributed by atoms with Gasteiger partial charge in [0.2, 0.25) is 5.91 Å². The number of nitrogens with two attached hydrogens (primary N) is 1. The van der Waals surface area contributed by atoms with E-state index in [1.54, 1.807) is 11.7 Å². The first-order valence-electron chi connectivity index (χ1n) is 10.5. The Morgan fingerprint density at radius 3 is 2.83 bits per heavy atom. The average molecular weight is 426 g/mol. The van der Waals surface area contributed by atoms with E-state index in [1.807, 2.05) is 5.38 Å². The molecule has 7 heteroatoms. The molecule has 158 valence electrons. The smallest absolute Gasteiger partial charge is 0.262 e. The van der Waals surface area contributed by atoms with Crippen molar-refractivity contribution in [1.82, 2.24) is 9.55 Å². The maximum Gasteiger partial charge on any atom is 0.262 e. The Morgan fingerprint density at radius 2 is 2.07 bits per heavy atom. The molecule has 0 atom stereocenters. The van der Waals surface area contributed by atoms with Gasteiger partial charge in [-0.05, 0) is 48.8 Å². The van der Waals surface area contributed by atoms with Crippen LogP contribution in [0.25, 0.3) is 21.3 Å². The first-order chi connectivity index (χ1) is 14.6. The Labute approximate surface area is 179 Å². The van der Waals surface area contributed by atoms with Crippen LogP contribution < -0.4 is 11.3 Å². The molecule has 6 nitrogen and oxygen atoms in total. The third kappa shape index (κ3) is 4.18. The van der Waals surface area contributed by atoms with Crippen LogP contribution in [-0.4, -0.2) is 29.2 Å². The number of fused-ring (bicyclic) bond motifs is 2. The minimum absolute atomic E-state index is 0.0513. The molecule has 1 aliphatic rings. The van der Waals surface area contributed by atoms with Gasteiger partial charge in [-0.25, -0.2) is 4.98 Å². The van der Waals surface area contributed by atoms with Crippen LogP contribution in [0.15, 0.2) is 28.4 Å². The molecule has 1 aromatic carbocycles. The number of hydrogen-bond acceptors (Lipinski definition) is 5. The second-order valence-corrected chi connectivity index (χ2v) is 8.68. The van der Waals surface area contributed by atoms with Gasteiger partial charge in [-0.1, -0.05) is 18.2 Å². The molecule has 2 heterocycles. The summed E-state index contributed by atoms with van der Waals surface area (Å²) in [5, 5.41) is 2.70. The summed E-state index contributed by atoms with van der Waals surface area (Å²) in [4.78, 5) is 30.2. The third-order valence-corrected chi connectivity index (χ3v) is 6.64. The quantitative estimate of drug-likeness (QED) is 0.599. The second-order valence-electron chi connectivity index (χ2n) is 7.82. The number of hydrogen-bond donors (Lipinski definition) is 1. The van der Waals surface area contributed by atoms with Crippen molar-refractivity contribution in [1.29, 1.82) is 0 Å². The number of methoxy groups -OCH3 is 1. The molecular weight excluding hydrogens is 398 g/mol. The highest BCUT2D eigenvalue weighted by atomic mass is 32.1. The standard InChI is InChI=1S/C23H27N3O3S/c1-29-12-10-20-25-22-21(23(28)26(20)11-4-7-19(24)27)18(14-30-22)17-9-8-15-5-2-3-6-16(15)13-17/h8-9,13-14H,2-7,10-12H2,1H3,(H2,24,27). The maximum atomic E-state index is 13.5. The summed E-state index contributed by atoms with van der Waals surface area (Å²) in [6, 6.07) is 6.58. The van der Waals surface area contributed by atoms with Gasteiger partial charge in [0.25, 0.3) is 5.56 Å². The SMILES string of the molecule is COCCc1nc2scc(-c3ccc4c(c3)CCCC4)c2c(=O)n1CCCC(N)=O. The minimum Gasteiger partial charge on any atom is -0.384 e. The average Bonchev–Trinajstić information content (AvgIpc) is 3.17. The molecule has 0 radical (unpaired) electrons. The molecule has 1 aliphatic carbocycles. The number of rotatable bonds is 8. The van der Waals surface area contributed by atoms with Gasteiger partial charge >= 0.3 is 0 Å². The molecule has 30 heavy (non-hydrogen) atoms. The van der Waals surface area contributed by atoms with Crippen LogP contribution in [0.3, 0.4) is 0 Å². The highest BCUT2D eigenvalue weighted by Crippen LogP contribution is 2.33. The molecule has 0 spiro atoms. The van der Waals surface area contributed by atoms with Crippen molar-refractivity contribution in [2.24, 2.45) is 5.73 Å². The van der Waals surface area contributed by atoms with Gasteiger partial charge in [-0.3, -0.25) is 14.2 Å². The first-order valence-corrected chi connectivity index (χ1v) is 11.4. The monoisotopic (exact) mass is 425 g/mol. The zero-order valence-electron chi connectivity index (χ0n) is 17.3. The van der Waals surface area contributed by atoms with E-state index in [1.165, 1.54) is 35.3 Å². The van der Waals surface area contributed by atoms with Crippen LogP contribution in [0.2, 0.25) is 0 Å². The maximum absolute atomic E-state index is 13.5. The van der Waals surface area contributed by atoms with Crippen LogP contribution in [0.4, 0.5) is 0 Å². The first kappa shape index (κ1) is 20.8. The molecule has 0 saturated heterocycles. The summed E-state index contributed by atoms with van der Waals surface area (Å²) >= 11 is 1.51. The topological polar surface area (TPSA) is 87.2 Å². The molecule has 0 bridgehead atoms. The van der Waals surface area contributed by atoms with E-state index in [0.717, 1.165) is 28.8 Å². The predicted octanol–water partition coefficient (Wildman–Crippen LogP) is 3.46. The fraction of sp³-hybridized carbons (Fsp3) is 0.435. The highest BCUT2D eigenvalue weighted by Gasteiger charge is 2.18. The van der Waals surface area contributed by atoms with E-state index < -0.39 is 0 Å². The van der Waals surface area contributed by atoms with E-state index in [-0.39, 0.29) is 17.9 Å². The number of nitrogens with zero attached hydrogens (tertiary/aromatic N) is 2. The van der Waals surface area contributed by atoms with Gasteiger partial charge in [0.05, 0.1) is 12.0 Å². The van der Waals surface area contributed by atoms with Crippen molar-refractivity contribution in [3.8, 4) is 11.1 Å². The molecule has 0 unspecified atom stereocenters. The van der Waals surface area contributed by atoms with Gasteiger partial charge in [0.15, 0.2) is 0 Å². The Balaban J connectivity index is 1.79. The van der Waals surface area contributed by atoms with E-state index in [9.17, 15) is 9.59 Å². The molecule has 0 saturated carbocycles. The van der Waals surface area contributed by atoms with E-state index in [0.29, 0.717) is 37.2 Å². The van der Waals surface area contributed by atoms with Crippen molar-refractivity contribution in [2.75, 3.05) is 13.7 Å². The summed E-state index contributed by atoms with van der Waals surface area (Å²) in [5.41, 5.74) is 10.1. The lowest BCUT2D eigenvalue weighted by atomic mass is 9.89. The molecule has 0 aliphatic heterocycles. The number of benzene rings is 1. The fourth-order valence-electron chi connectivity index (χ4n) is 4.21. The second kappa shape index (κ2) is 9.10. The van der Waals surface area contributed by atoms with Gasteiger partial charge < -0.3 is 10.5 Å². The summed E-state index contributed by atoms with van der Waals surface area (Å²) in [6.07, 6.45) is 6.01. The Bertz CT molecular complexity index is 1130. The van der Waals surface area contributed by atoms with Crippen LogP contribution >= 0.6 is 11.3 Å². The highest BCUT2D eigenvalue weighted by molar-refractivity contribution is 7.17. The van der Waals surface area contributed by atoms with Crippen LogP contribution in [0, 0.1) is 0 Å². The predicted molar refractivity (Wildman–Crippen MR) is 120 cm³/mol. The van der Waals surface area contributed by atoms with Gasteiger partial charge in [-0.2, -0.15) is 0 Å². The number of aromatic nitrogens is 2. The molecule has 2 N–H and O–H groups in total. The van der Waals surface area contributed by atoms with Crippen LogP contribution in [-0.2, 0) is 35.3 Å². The molecule has 4 rings (SSSR count).